The zero-order chi connectivity index (χ0) is 18.2. The van der Waals surface area contributed by atoms with Gasteiger partial charge in [0, 0.05) is 5.69 Å². The first-order chi connectivity index (χ1) is 12.0. The van der Waals surface area contributed by atoms with Gasteiger partial charge in [-0.05, 0) is 41.3 Å². The zero-order valence-electron chi connectivity index (χ0n) is 14.3. The van der Waals surface area contributed by atoms with E-state index in [1.165, 1.54) is 5.56 Å². The SMILES string of the molecule is CC(C)c1ccc(COC(=O)c2ccc(NC(=O)CC#N)cc2)cc1. The molecule has 0 saturated carbocycles. The molecular formula is C20H20N2O3. The molecule has 0 heterocycles. The van der Waals surface area contributed by atoms with Crippen molar-refractivity contribution >= 4 is 17.6 Å². The Hall–Kier alpha value is -3.13. The van der Waals surface area contributed by atoms with Gasteiger partial charge in [0.05, 0.1) is 11.6 Å². The molecule has 0 spiro atoms. The molecule has 0 atom stereocenters. The number of nitrogens with one attached hydrogen (secondary N) is 1. The minimum Gasteiger partial charge on any atom is -0.457 e. The van der Waals surface area contributed by atoms with Crippen LogP contribution in [0.5, 0.6) is 0 Å². The highest BCUT2D eigenvalue weighted by atomic mass is 16.5. The molecule has 25 heavy (non-hydrogen) atoms. The van der Waals surface area contributed by atoms with Gasteiger partial charge in [-0.15, -0.1) is 0 Å². The first kappa shape index (κ1) is 18.2. The van der Waals surface area contributed by atoms with E-state index in [0.717, 1.165) is 5.56 Å². The number of rotatable bonds is 6. The van der Waals surface area contributed by atoms with E-state index in [-0.39, 0.29) is 18.9 Å². The number of carbonyl (C=O) groups excluding carboxylic acids is 2. The van der Waals surface area contributed by atoms with Crippen LogP contribution < -0.4 is 5.32 Å². The van der Waals surface area contributed by atoms with E-state index < -0.39 is 5.97 Å². The van der Waals surface area contributed by atoms with Crippen molar-refractivity contribution in [3.05, 3.63) is 65.2 Å². The van der Waals surface area contributed by atoms with Gasteiger partial charge in [0.1, 0.15) is 13.0 Å². The number of hydrogen-bond acceptors (Lipinski definition) is 4. The Morgan fingerprint density at radius 1 is 1.08 bits per heavy atom. The molecule has 1 N–H and O–H groups in total. The monoisotopic (exact) mass is 336 g/mol. The lowest BCUT2D eigenvalue weighted by Crippen LogP contribution is -2.10. The second-order valence-corrected chi connectivity index (χ2v) is 5.93. The fourth-order valence-electron chi connectivity index (χ4n) is 2.20. The van der Waals surface area contributed by atoms with Crippen molar-refractivity contribution in [2.75, 3.05) is 5.32 Å². The van der Waals surface area contributed by atoms with Crippen LogP contribution in [-0.2, 0) is 16.1 Å². The highest BCUT2D eigenvalue weighted by molar-refractivity contribution is 5.93. The topological polar surface area (TPSA) is 79.2 Å². The molecule has 0 aromatic heterocycles. The van der Waals surface area contributed by atoms with Gasteiger partial charge in [-0.25, -0.2) is 4.79 Å². The van der Waals surface area contributed by atoms with Gasteiger partial charge in [0.2, 0.25) is 5.91 Å². The first-order valence-electron chi connectivity index (χ1n) is 8.02. The average molecular weight is 336 g/mol. The van der Waals surface area contributed by atoms with E-state index in [1.807, 2.05) is 24.3 Å². The molecule has 1 amide bonds. The third-order valence-corrected chi connectivity index (χ3v) is 3.66. The van der Waals surface area contributed by atoms with Gasteiger partial charge in [-0.1, -0.05) is 38.1 Å². The van der Waals surface area contributed by atoms with Crippen LogP contribution >= 0.6 is 0 Å². The number of ether oxygens (including phenoxy) is 1. The normalized spacial score (nSPS) is 10.2. The molecule has 0 fully saturated rings. The van der Waals surface area contributed by atoms with Crippen LogP contribution in [0.1, 0.15) is 47.7 Å². The van der Waals surface area contributed by atoms with Crippen molar-refractivity contribution in [3.8, 4) is 6.07 Å². The van der Waals surface area contributed by atoms with Crippen LogP contribution in [0.2, 0.25) is 0 Å². The summed E-state index contributed by atoms with van der Waals surface area (Å²) < 4.78 is 5.30. The van der Waals surface area contributed by atoms with E-state index in [9.17, 15) is 9.59 Å². The van der Waals surface area contributed by atoms with E-state index >= 15 is 0 Å². The second-order valence-electron chi connectivity index (χ2n) is 5.93. The fraction of sp³-hybridized carbons (Fsp3) is 0.250. The number of benzene rings is 2. The van der Waals surface area contributed by atoms with E-state index in [0.29, 0.717) is 17.2 Å². The first-order valence-corrected chi connectivity index (χ1v) is 8.02. The van der Waals surface area contributed by atoms with Crippen LogP contribution in [0, 0.1) is 11.3 Å². The lowest BCUT2D eigenvalue weighted by Gasteiger charge is -2.08. The Morgan fingerprint density at radius 2 is 1.72 bits per heavy atom. The molecular weight excluding hydrogens is 316 g/mol. The molecule has 5 nitrogen and oxygen atoms in total. The lowest BCUT2D eigenvalue weighted by atomic mass is 10.0. The Morgan fingerprint density at radius 3 is 2.28 bits per heavy atom. The Bertz CT molecular complexity index is 772. The standard InChI is InChI=1S/C20H20N2O3/c1-14(2)16-5-3-15(4-6-16)13-25-20(24)17-7-9-18(10-8-17)22-19(23)11-12-21/h3-10,14H,11,13H2,1-2H3,(H,22,23). The summed E-state index contributed by atoms with van der Waals surface area (Å²) >= 11 is 0. The minimum atomic E-state index is -0.428. The van der Waals surface area contributed by atoms with E-state index in [2.05, 4.69) is 19.2 Å². The van der Waals surface area contributed by atoms with Crippen molar-refractivity contribution in [3.63, 3.8) is 0 Å². The largest absolute Gasteiger partial charge is 0.457 e. The second kappa shape index (κ2) is 8.65. The predicted molar refractivity (Wildman–Crippen MR) is 95.0 cm³/mol. The van der Waals surface area contributed by atoms with Crippen LogP contribution in [0.3, 0.4) is 0 Å². The maximum absolute atomic E-state index is 12.1. The molecule has 128 valence electrons. The summed E-state index contributed by atoms with van der Waals surface area (Å²) in [5.41, 5.74) is 3.10. The van der Waals surface area contributed by atoms with Crippen LogP contribution in [0.25, 0.3) is 0 Å². The molecule has 5 heteroatoms. The number of amides is 1. The van der Waals surface area contributed by atoms with Gasteiger partial charge >= 0.3 is 5.97 Å². The minimum absolute atomic E-state index is 0.206. The number of nitrogens with zero attached hydrogens (tertiary/aromatic N) is 1. The summed E-state index contributed by atoms with van der Waals surface area (Å²) in [7, 11) is 0. The lowest BCUT2D eigenvalue weighted by molar-refractivity contribution is -0.115. The van der Waals surface area contributed by atoms with Gasteiger partial charge in [0.15, 0.2) is 0 Å². The molecule has 0 saturated heterocycles. The van der Waals surface area contributed by atoms with Crippen LogP contribution in [-0.4, -0.2) is 11.9 Å². The molecule has 2 aromatic carbocycles. The van der Waals surface area contributed by atoms with Crippen molar-refractivity contribution in [1.29, 1.82) is 5.26 Å². The number of anilines is 1. The van der Waals surface area contributed by atoms with Crippen molar-refractivity contribution < 1.29 is 14.3 Å². The summed E-state index contributed by atoms with van der Waals surface area (Å²) in [4.78, 5) is 23.4. The van der Waals surface area contributed by atoms with Gasteiger partial charge in [-0.3, -0.25) is 4.79 Å². The molecule has 0 aliphatic carbocycles. The maximum atomic E-state index is 12.1. The van der Waals surface area contributed by atoms with Gasteiger partial charge < -0.3 is 10.1 Å². The highest BCUT2D eigenvalue weighted by Gasteiger charge is 2.09. The Labute approximate surface area is 147 Å². The third-order valence-electron chi connectivity index (χ3n) is 3.66. The Kier molecular flexibility index (Phi) is 6.30. The van der Waals surface area contributed by atoms with Crippen molar-refractivity contribution in [2.45, 2.75) is 32.8 Å². The van der Waals surface area contributed by atoms with Crippen LogP contribution in [0.15, 0.2) is 48.5 Å². The maximum Gasteiger partial charge on any atom is 0.338 e. The molecule has 2 rings (SSSR count). The molecule has 0 aliphatic rings. The fourth-order valence-corrected chi connectivity index (χ4v) is 2.20. The molecule has 0 aliphatic heterocycles. The van der Waals surface area contributed by atoms with Crippen molar-refractivity contribution in [2.24, 2.45) is 0 Å². The molecule has 0 radical (unpaired) electrons. The molecule has 0 bridgehead atoms. The zero-order valence-corrected chi connectivity index (χ0v) is 14.3. The van der Waals surface area contributed by atoms with Gasteiger partial charge in [0.25, 0.3) is 0 Å². The number of nitriles is 1. The summed E-state index contributed by atoms with van der Waals surface area (Å²) in [5, 5.41) is 11.0. The summed E-state index contributed by atoms with van der Waals surface area (Å²) in [6, 6.07) is 16.1. The smallest absolute Gasteiger partial charge is 0.338 e. The van der Waals surface area contributed by atoms with Crippen molar-refractivity contribution in [1.82, 2.24) is 0 Å². The number of hydrogen-bond donors (Lipinski definition) is 1. The van der Waals surface area contributed by atoms with E-state index in [4.69, 9.17) is 10.00 Å². The van der Waals surface area contributed by atoms with E-state index in [1.54, 1.807) is 30.3 Å². The molecule has 2 aromatic rings. The van der Waals surface area contributed by atoms with Gasteiger partial charge in [-0.2, -0.15) is 5.26 Å². The summed E-state index contributed by atoms with van der Waals surface area (Å²) in [5.74, 6) is -0.353. The number of esters is 1. The highest BCUT2D eigenvalue weighted by Crippen LogP contribution is 2.16. The third kappa shape index (κ3) is 5.47. The summed E-state index contributed by atoms with van der Waals surface area (Å²) in [6.45, 7) is 4.46. The average Bonchev–Trinajstić information content (AvgIpc) is 2.61. The molecule has 0 unspecified atom stereocenters. The number of carbonyl (C=O) groups is 2. The Balaban J connectivity index is 1.90. The quantitative estimate of drug-likeness (QED) is 0.808. The summed E-state index contributed by atoms with van der Waals surface area (Å²) in [6.07, 6.45) is -0.209. The predicted octanol–water partition coefficient (Wildman–Crippen LogP) is 4.02. The van der Waals surface area contributed by atoms with Crippen LogP contribution in [0.4, 0.5) is 5.69 Å².